The fourth-order valence-corrected chi connectivity index (χ4v) is 3.38. The maximum atomic E-state index is 11.3. The molecule has 0 saturated carbocycles. The predicted molar refractivity (Wildman–Crippen MR) is 120 cm³/mol. The second-order valence-electron chi connectivity index (χ2n) is 7.33. The van der Waals surface area contributed by atoms with Gasteiger partial charge in [-0.2, -0.15) is 0 Å². The Kier molecular flexibility index (Phi) is 8.18. The van der Waals surface area contributed by atoms with E-state index < -0.39 is 0 Å². The Bertz CT molecular complexity index is 1000. The van der Waals surface area contributed by atoms with E-state index in [1.165, 1.54) is 16.7 Å². The molecule has 164 valence electrons. The summed E-state index contributed by atoms with van der Waals surface area (Å²) >= 11 is 0. The van der Waals surface area contributed by atoms with Crippen LogP contribution in [0.4, 0.5) is 0 Å². The highest BCUT2D eigenvalue weighted by atomic mass is 16.5. The van der Waals surface area contributed by atoms with Gasteiger partial charge in [0.2, 0.25) is 0 Å². The number of ether oxygens (including phenoxy) is 2. The van der Waals surface area contributed by atoms with E-state index in [1.807, 2.05) is 18.3 Å². The number of rotatable bonds is 11. The molecule has 7 heteroatoms. The molecular weight excluding hydrogens is 392 g/mol. The average Bonchev–Trinajstić information content (AvgIpc) is 3.21. The number of benzene rings is 2. The first-order valence-corrected chi connectivity index (χ1v) is 10.6. The summed E-state index contributed by atoms with van der Waals surface area (Å²) in [5.74, 6) is 0.636. The van der Waals surface area contributed by atoms with Crippen LogP contribution in [-0.2, 0) is 22.6 Å². The first kappa shape index (κ1) is 22.5. The topological polar surface area (TPSA) is 78.3 Å². The first-order chi connectivity index (χ1) is 15.1. The molecule has 1 heterocycles. The van der Waals surface area contributed by atoms with Crippen molar-refractivity contribution in [2.75, 3.05) is 19.8 Å². The minimum Gasteiger partial charge on any atom is -0.493 e. The standard InChI is InChI=1S/C24H30N4O3/c1-4-30-24(29)16-25-15-20-17-28(27-26-20)13-8-14-31-23-12-7-11-22(19(23)3)21-10-6-5-9-18(21)2/h5-7,9-12,17,25H,4,8,13-16H2,1-3H3. The van der Waals surface area contributed by atoms with Gasteiger partial charge in [0.1, 0.15) is 5.75 Å². The van der Waals surface area contributed by atoms with E-state index in [1.54, 1.807) is 11.6 Å². The predicted octanol–water partition coefficient (Wildman–Crippen LogP) is 3.68. The zero-order valence-corrected chi connectivity index (χ0v) is 18.4. The number of esters is 1. The van der Waals surface area contributed by atoms with Crippen LogP contribution in [0.5, 0.6) is 5.75 Å². The first-order valence-electron chi connectivity index (χ1n) is 10.6. The Morgan fingerprint density at radius 1 is 1.10 bits per heavy atom. The maximum absolute atomic E-state index is 11.3. The van der Waals surface area contributed by atoms with Gasteiger partial charge < -0.3 is 14.8 Å². The molecule has 7 nitrogen and oxygen atoms in total. The van der Waals surface area contributed by atoms with Crippen molar-refractivity contribution in [1.29, 1.82) is 0 Å². The van der Waals surface area contributed by atoms with Gasteiger partial charge in [-0.05, 0) is 49.1 Å². The maximum Gasteiger partial charge on any atom is 0.319 e. The van der Waals surface area contributed by atoms with Gasteiger partial charge in [-0.1, -0.05) is 41.6 Å². The Morgan fingerprint density at radius 2 is 1.90 bits per heavy atom. The quantitative estimate of drug-likeness (QED) is 0.375. The number of hydrogen-bond acceptors (Lipinski definition) is 6. The summed E-state index contributed by atoms with van der Waals surface area (Å²) < 4.78 is 12.7. The number of hydrogen-bond donors (Lipinski definition) is 1. The van der Waals surface area contributed by atoms with E-state index >= 15 is 0 Å². The average molecular weight is 423 g/mol. The van der Waals surface area contributed by atoms with Crippen molar-refractivity contribution >= 4 is 5.97 Å². The highest BCUT2D eigenvalue weighted by molar-refractivity contribution is 5.72. The molecule has 0 saturated heterocycles. The third-order valence-electron chi connectivity index (χ3n) is 4.98. The lowest BCUT2D eigenvalue weighted by Gasteiger charge is -2.14. The Morgan fingerprint density at radius 3 is 2.71 bits per heavy atom. The van der Waals surface area contributed by atoms with Gasteiger partial charge in [-0.3, -0.25) is 9.48 Å². The van der Waals surface area contributed by atoms with Gasteiger partial charge in [0.15, 0.2) is 0 Å². The molecule has 0 spiro atoms. The van der Waals surface area contributed by atoms with Gasteiger partial charge in [-0.25, -0.2) is 0 Å². The van der Waals surface area contributed by atoms with Gasteiger partial charge in [-0.15, -0.1) is 5.10 Å². The highest BCUT2D eigenvalue weighted by Gasteiger charge is 2.09. The number of carbonyl (C=O) groups excluding carboxylic acids is 1. The van der Waals surface area contributed by atoms with Crippen LogP contribution in [0.1, 0.15) is 30.2 Å². The molecule has 1 aromatic heterocycles. The number of carbonyl (C=O) groups is 1. The van der Waals surface area contributed by atoms with Crippen molar-refractivity contribution in [2.45, 2.75) is 40.3 Å². The van der Waals surface area contributed by atoms with Gasteiger partial charge >= 0.3 is 5.97 Å². The monoisotopic (exact) mass is 422 g/mol. The summed E-state index contributed by atoms with van der Waals surface area (Å²) in [4.78, 5) is 11.3. The van der Waals surface area contributed by atoms with Gasteiger partial charge in [0.05, 0.1) is 25.5 Å². The van der Waals surface area contributed by atoms with Crippen LogP contribution in [0.15, 0.2) is 48.7 Å². The summed E-state index contributed by atoms with van der Waals surface area (Å²) in [5.41, 5.74) is 5.62. The van der Waals surface area contributed by atoms with E-state index in [4.69, 9.17) is 9.47 Å². The number of nitrogens with zero attached hydrogens (tertiary/aromatic N) is 3. The van der Waals surface area contributed by atoms with Gasteiger partial charge in [0.25, 0.3) is 0 Å². The molecule has 0 fully saturated rings. The second kappa shape index (κ2) is 11.3. The van der Waals surface area contributed by atoms with Crippen molar-refractivity contribution in [2.24, 2.45) is 0 Å². The summed E-state index contributed by atoms with van der Waals surface area (Å²) in [6, 6.07) is 14.6. The third kappa shape index (κ3) is 6.39. The van der Waals surface area contributed by atoms with Crippen LogP contribution in [-0.4, -0.2) is 40.7 Å². The van der Waals surface area contributed by atoms with E-state index in [9.17, 15) is 4.79 Å². The lowest BCUT2D eigenvalue weighted by molar-refractivity contribution is -0.142. The van der Waals surface area contributed by atoms with Crippen LogP contribution >= 0.6 is 0 Å². The highest BCUT2D eigenvalue weighted by Crippen LogP contribution is 2.31. The lowest BCUT2D eigenvalue weighted by Crippen LogP contribution is -2.24. The Hall–Kier alpha value is -3.19. The lowest BCUT2D eigenvalue weighted by atomic mass is 9.96. The SMILES string of the molecule is CCOC(=O)CNCc1cn(CCCOc2cccc(-c3ccccc3C)c2C)nn1. The van der Waals surface area contributed by atoms with Crippen molar-refractivity contribution in [3.8, 4) is 16.9 Å². The van der Waals surface area contributed by atoms with Gasteiger partial charge in [0, 0.05) is 25.7 Å². The molecule has 0 unspecified atom stereocenters. The molecule has 2 aromatic carbocycles. The molecule has 0 amide bonds. The minimum atomic E-state index is -0.270. The molecule has 0 aliphatic carbocycles. The Labute approximate surface area is 183 Å². The van der Waals surface area contributed by atoms with Crippen LogP contribution in [0.2, 0.25) is 0 Å². The van der Waals surface area contributed by atoms with Crippen molar-refractivity contribution < 1.29 is 14.3 Å². The number of aryl methyl sites for hydroxylation is 2. The molecular formula is C24H30N4O3. The summed E-state index contributed by atoms with van der Waals surface area (Å²) in [6.07, 6.45) is 2.69. The summed E-state index contributed by atoms with van der Waals surface area (Å²) in [6.45, 7) is 8.33. The molecule has 3 rings (SSSR count). The van der Waals surface area contributed by atoms with Crippen LogP contribution in [0.3, 0.4) is 0 Å². The smallest absolute Gasteiger partial charge is 0.319 e. The molecule has 1 N–H and O–H groups in total. The molecule has 0 radical (unpaired) electrons. The molecule has 0 atom stereocenters. The van der Waals surface area contributed by atoms with Crippen molar-refractivity contribution in [1.82, 2.24) is 20.3 Å². The summed E-state index contributed by atoms with van der Waals surface area (Å²) in [5, 5.41) is 11.3. The van der Waals surface area contributed by atoms with Crippen molar-refractivity contribution in [3.63, 3.8) is 0 Å². The Balaban J connectivity index is 1.46. The zero-order chi connectivity index (χ0) is 22.1. The van der Waals surface area contributed by atoms with Crippen LogP contribution in [0.25, 0.3) is 11.1 Å². The van der Waals surface area contributed by atoms with E-state index in [0.29, 0.717) is 26.3 Å². The molecule has 0 aliphatic rings. The fraction of sp³-hybridized carbons (Fsp3) is 0.375. The largest absolute Gasteiger partial charge is 0.493 e. The minimum absolute atomic E-state index is 0.162. The molecule has 0 bridgehead atoms. The van der Waals surface area contributed by atoms with E-state index in [0.717, 1.165) is 23.4 Å². The fourth-order valence-electron chi connectivity index (χ4n) is 3.38. The van der Waals surface area contributed by atoms with E-state index in [2.05, 4.69) is 59.8 Å². The van der Waals surface area contributed by atoms with Crippen LogP contribution in [0, 0.1) is 13.8 Å². The third-order valence-corrected chi connectivity index (χ3v) is 4.98. The zero-order valence-electron chi connectivity index (χ0n) is 18.4. The number of aromatic nitrogens is 3. The molecule has 0 aliphatic heterocycles. The number of nitrogens with one attached hydrogen (secondary N) is 1. The molecule has 3 aromatic rings. The normalized spacial score (nSPS) is 10.8. The van der Waals surface area contributed by atoms with Crippen LogP contribution < -0.4 is 10.1 Å². The summed E-state index contributed by atoms with van der Waals surface area (Å²) in [7, 11) is 0. The van der Waals surface area contributed by atoms with E-state index in [-0.39, 0.29) is 12.5 Å². The molecule has 31 heavy (non-hydrogen) atoms. The second-order valence-corrected chi connectivity index (χ2v) is 7.33. The van der Waals surface area contributed by atoms with Crippen molar-refractivity contribution in [3.05, 3.63) is 65.5 Å².